The Hall–Kier alpha value is -0.650. The molecule has 2 rings (SSSR count). The van der Waals surface area contributed by atoms with Crippen molar-refractivity contribution in [1.29, 1.82) is 0 Å². The van der Waals surface area contributed by atoms with Gasteiger partial charge in [0.1, 0.15) is 0 Å². The third kappa shape index (κ3) is 1.83. The van der Waals surface area contributed by atoms with E-state index in [1.165, 1.54) is 0 Å². The smallest absolute Gasteiger partial charge is 0.203 e. The fraction of sp³-hybridized carbons (Fsp3) is 0.273. The third-order valence-electron chi connectivity index (χ3n) is 2.58. The van der Waals surface area contributed by atoms with Gasteiger partial charge in [0.2, 0.25) is 9.84 Å². The molecule has 0 bridgehead atoms. The van der Waals surface area contributed by atoms with Gasteiger partial charge >= 0.3 is 0 Å². The molecule has 1 aromatic rings. The standard InChI is InChI=1S/C11H12BrNO2S/c12-10-4-1-5-11-9(10)7-8(3-2-6-13)16(11,14)15/h1,4-5,7H,2-3,6,13H2. The molecule has 0 aliphatic carbocycles. The van der Waals surface area contributed by atoms with Crippen LogP contribution in [0.3, 0.4) is 0 Å². The number of nitrogens with two attached hydrogens (primary N) is 1. The molecule has 2 N–H and O–H groups in total. The molecule has 5 heteroatoms. The van der Waals surface area contributed by atoms with Crippen LogP contribution in [0.15, 0.2) is 32.5 Å². The van der Waals surface area contributed by atoms with Crippen molar-refractivity contribution in [2.75, 3.05) is 6.54 Å². The topological polar surface area (TPSA) is 60.2 Å². The highest BCUT2D eigenvalue weighted by molar-refractivity contribution is 9.10. The SMILES string of the molecule is NCCCC1=Cc2c(Br)cccc2S1(=O)=O. The molecule has 86 valence electrons. The van der Waals surface area contributed by atoms with Gasteiger partial charge < -0.3 is 5.73 Å². The third-order valence-corrected chi connectivity index (χ3v) is 5.22. The molecule has 0 spiro atoms. The first-order chi connectivity index (χ1) is 7.57. The van der Waals surface area contributed by atoms with Crippen LogP contribution in [0.2, 0.25) is 0 Å². The van der Waals surface area contributed by atoms with E-state index in [4.69, 9.17) is 5.73 Å². The molecule has 3 nitrogen and oxygen atoms in total. The highest BCUT2D eigenvalue weighted by atomic mass is 79.9. The first-order valence-corrected chi connectivity index (χ1v) is 7.29. The van der Waals surface area contributed by atoms with Crippen molar-refractivity contribution in [2.24, 2.45) is 5.73 Å². The van der Waals surface area contributed by atoms with Crippen molar-refractivity contribution in [3.8, 4) is 0 Å². The molecule has 0 saturated carbocycles. The zero-order valence-electron chi connectivity index (χ0n) is 8.61. The van der Waals surface area contributed by atoms with Gasteiger partial charge in [0.25, 0.3) is 0 Å². The van der Waals surface area contributed by atoms with Crippen LogP contribution in [0.4, 0.5) is 0 Å². The largest absolute Gasteiger partial charge is 0.330 e. The molecule has 0 aromatic heterocycles. The molecular formula is C11H12BrNO2S. The lowest BCUT2D eigenvalue weighted by Crippen LogP contribution is -2.04. The van der Waals surface area contributed by atoms with Crippen LogP contribution < -0.4 is 5.73 Å². The summed E-state index contributed by atoms with van der Waals surface area (Å²) in [6.07, 6.45) is 2.95. The Balaban J connectivity index is 2.49. The van der Waals surface area contributed by atoms with E-state index in [2.05, 4.69) is 15.9 Å². The zero-order chi connectivity index (χ0) is 11.8. The average Bonchev–Trinajstić information content (AvgIpc) is 2.50. The van der Waals surface area contributed by atoms with E-state index >= 15 is 0 Å². The van der Waals surface area contributed by atoms with Crippen molar-refractivity contribution in [3.63, 3.8) is 0 Å². The number of rotatable bonds is 3. The van der Waals surface area contributed by atoms with Gasteiger partial charge in [-0.3, -0.25) is 0 Å². The molecular weight excluding hydrogens is 290 g/mol. The van der Waals surface area contributed by atoms with Crippen LogP contribution in [0, 0.1) is 0 Å². The van der Waals surface area contributed by atoms with Gasteiger partial charge in [0, 0.05) is 14.9 Å². The highest BCUT2D eigenvalue weighted by Gasteiger charge is 2.29. The van der Waals surface area contributed by atoms with Gasteiger partial charge in [-0.25, -0.2) is 8.42 Å². The minimum Gasteiger partial charge on any atom is -0.330 e. The Bertz CT molecular complexity index is 549. The van der Waals surface area contributed by atoms with Crippen molar-refractivity contribution in [2.45, 2.75) is 17.7 Å². The second-order valence-electron chi connectivity index (χ2n) is 3.66. The Morgan fingerprint density at radius 3 is 2.69 bits per heavy atom. The van der Waals surface area contributed by atoms with E-state index in [0.29, 0.717) is 29.2 Å². The Morgan fingerprint density at radius 2 is 2.06 bits per heavy atom. The number of allylic oxidation sites excluding steroid dienone is 1. The second kappa shape index (κ2) is 4.31. The van der Waals surface area contributed by atoms with Gasteiger partial charge in [0.05, 0.1) is 4.90 Å². The molecule has 1 heterocycles. The monoisotopic (exact) mass is 301 g/mol. The van der Waals surface area contributed by atoms with Gasteiger partial charge in [-0.15, -0.1) is 0 Å². The average molecular weight is 302 g/mol. The quantitative estimate of drug-likeness (QED) is 0.932. The molecule has 0 radical (unpaired) electrons. The van der Waals surface area contributed by atoms with E-state index in [1.807, 2.05) is 6.07 Å². The summed E-state index contributed by atoms with van der Waals surface area (Å²) in [5, 5.41) is 0. The summed E-state index contributed by atoms with van der Waals surface area (Å²) in [4.78, 5) is 0.869. The lowest BCUT2D eigenvalue weighted by molar-refractivity contribution is 0.601. The van der Waals surface area contributed by atoms with Gasteiger partial charge in [-0.2, -0.15) is 0 Å². The van der Waals surface area contributed by atoms with Crippen LogP contribution in [0.1, 0.15) is 18.4 Å². The summed E-state index contributed by atoms with van der Waals surface area (Å²) in [5.74, 6) is 0. The fourth-order valence-electron chi connectivity index (χ4n) is 1.75. The molecule has 0 amide bonds. The summed E-state index contributed by atoms with van der Waals surface area (Å²) in [6, 6.07) is 5.22. The van der Waals surface area contributed by atoms with Crippen molar-refractivity contribution in [1.82, 2.24) is 0 Å². The fourth-order valence-corrected chi connectivity index (χ4v) is 4.05. The molecule has 1 aromatic carbocycles. The lowest BCUT2D eigenvalue weighted by Gasteiger charge is -2.02. The Kier molecular flexibility index (Phi) is 3.19. The molecule has 0 unspecified atom stereocenters. The number of halogens is 1. The Labute approximate surface area is 103 Å². The zero-order valence-corrected chi connectivity index (χ0v) is 11.0. The number of hydrogen-bond donors (Lipinski definition) is 1. The summed E-state index contributed by atoms with van der Waals surface area (Å²) >= 11 is 3.36. The van der Waals surface area contributed by atoms with Crippen LogP contribution in [0.5, 0.6) is 0 Å². The molecule has 0 saturated heterocycles. The minimum atomic E-state index is -3.27. The highest BCUT2D eigenvalue weighted by Crippen LogP contribution is 2.38. The normalized spacial score (nSPS) is 17.0. The second-order valence-corrected chi connectivity index (χ2v) is 6.48. The Morgan fingerprint density at radius 1 is 1.31 bits per heavy atom. The van der Waals surface area contributed by atoms with Gasteiger partial charge in [0.15, 0.2) is 0 Å². The molecule has 1 aliphatic rings. The molecule has 0 atom stereocenters. The van der Waals surface area contributed by atoms with Crippen LogP contribution in [0.25, 0.3) is 6.08 Å². The number of fused-ring (bicyclic) bond motifs is 1. The van der Waals surface area contributed by atoms with E-state index in [1.54, 1.807) is 18.2 Å². The van der Waals surface area contributed by atoms with E-state index in [0.717, 1.165) is 10.0 Å². The molecule has 16 heavy (non-hydrogen) atoms. The number of hydrogen-bond acceptors (Lipinski definition) is 3. The predicted molar refractivity (Wildman–Crippen MR) is 67.6 cm³/mol. The summed E-state index contributed by atoms with van der Waals surface area (Å²) in [5.41, 5.74) is 6.16. The maximum absolute atomic E-state index is 12.1. The van der Waals surface area contributed by atoms with Crippen LogP contribution in [-0.2, 0) is 9.84 Å². The number of benzene rings is 1. The summed E-state index contributed by atoms with van der Waals surface area (Å²) in [7, 11) is -3.27. The predicted octanol–water partition coefficient (Wildman–Crippen LogP) is 2.32. The maximum atomic E-state index is 12.1. The number of sulfone groups is 1. The van der Waals surface area contributed by atoms with Crippen molar-refractivity contribution >= 4 is 31.8 Å². The van der Waals surface area contributed by atoms with E-state index < -0.39 is 9.84 Å². The molecule has 1 aliphatic heterocycles. The van der Waals surface area contributed by atoms with Crippen molar-refractivity contribution < 1.29 is 8.42 Å². The van der Waals surface area contributed by atoms with E-state index in [9.17, 15) is 8.42 Å². The maximum Gasteiger partial charge on any atom is 0.203 e. The van der Waals surface area contributed by atoms with E-state index in [-0.39, 0.29) is 0 Å². The lowest BCUT2D eigenvalue weighted by atomic mass is 10.2. The summed E-state index contributed by atoms with van der Waals surface area (Å²) < 4.78 is 25.0. The van der Waals surface area contributed by atoms with Gasteiger partial charge in [-0.1, -0.05) is 22.0 Å². The first kappa shape index (κ1) is 11.8. The van der Waals surface area contributed by atoms with Crippen LogP contribution in [-0.4, -0.2) is 15.0 Å². The molecule has 0 fully saturated rings. The summed E-state index contributed by atoms with van der Waals surface area (Å²) in [6.45, 7) is 0.504. The first-order valence-electron chi connectivity index (χ1n) is 5.01. The minimum absolute atomic E-state index is 0.397. The van der Waals surface area contributed by atoms with Gasteiger partial charge in [-0.05, 0) is 37.6 Å². The van der Waals surface area contributed by atoms with Crippen molar-refractivity contribution in [3.05, 3.63) is 33.1 Å². The van der Waals surface area contributed by atoms with Crippen LogP contribution >= 0.6 is 15.9 Å².